The zero-order valence-electron chi connectivity index (χ0n) is 17.5. The topological polar surface area (TPSA) is 58.0 Å². The van der Waals surface area contributed by atoms with Crippen molar-refractivity contribution in [3.63, 3.8) is 0 Å². The van der Waals surface area contributed by atoms with E-state index in [1.54, 1.807) is 24.5 Å². The Hall–Kier alpha value is -4.31. The fraction of sp³-hybridized carbons (Fsp3) is 0.0769. The monoisotopic (exact) mass is 445 g/mol. The van der Waals surface area contributed by atoms with Gasteiger partial charge in [0.05, 0.1) is 23.5 Å². The Morgan fingerprint density at radius 2 is 1.73 bits per heavy atom. The predicted octanol–water partition coefficient (Wildman–Crippen LogP) is 6.15. The lowest BCUT2D eigenvalue weighted by Gasteiger charge is -2.15. The number of aryl methyl sites for hydroxylation is 1. The van der Waals surface area contributed by atoms with Crippen molar-refractivity contribution in [2.75, 3.05) is 5.32 Å². The average molecular weight is 445 g/mol. The van der Waals surface area contributed by atoms with Crippen LogP contribution in [0.5, 0.6) is 5.75 Å². The molecule has 7 heteroatoms. The highest BCUT2D eigenvalue weighted by molar-refractivity contribution is 5.83. The fourth-order valence-corrected chi connectivity index (χ4v) is 3.32. The third kappa shape index (κ3) is 4.80. The number of phenolic OH excluding ortho intramolecular Hbond substituents is 1. The Balaban J connectivity index is 1.63. The summed E-state index contributed by atoms with van der Waals surface area (Å²) >= 11 is 0. The summed E-state index contributed by atoms with van der Waals surface area (Å²) in [5.74, 6) is 5.94. The van der Waals surface area contributed by atoms with Gasteiger partial charge in [-0.1, -0.05) is 36.6 Å². The van der Waals surface area contributed by atoms with Crippen molar-refractivity contribution in [1.29, 1.82) is 0 Å². The van der Waals surface area contributed by atoms with Crippen LogP contribution < -0.4 is 5.32 Å². The van der Waals surface area contributed by atoms with Crippen LogP contribution in [-0.4, -0.2) is 15.3 Å². The molecule has 0 fully saturated rings. The minimum absolute atomic E-state index is 0.0985. The van der Waals surface area contributed by atoms with Crippen LogP contribution in [0.1, 0.15) is 27.8 Å². The van der Waals surface area contributed by atoms with Crippen LogP contribution in [0, 0.1) is 18.8 Å². The predicted molar refractivity (Wildman–Crippen MR) is 122 cm³/mol. The van der Waals surface area contributed by atoms with Crippen LogP contribution in [0.2, 0.25) is 0 Å². The number of halogens is 3. The lowest BCUT2D eigenvalue weighted by Crippen LogP contribution is -2.06. The van der Waals surface area contributed by atoms with Crippen molar-refractivity contribution >= 4 is 22.2 Å². The number of anilines is 1. The highest BCUT2D eigenvalue weighted by atomic mass is 19.4. The van der Waals surface area contributed by atoms with Gasteiger partial charge in [0.1, 0.15) is 5.75 Å². The summed E-state index contributed by atoms with van der Waals surface area (Å²) in [4.78, 5) is 0. The third-order valence-electron chi connectivity index (χ3n) is 5.08. The van der Waals surface area contributed by atoms with Gasteiger partial charge in [-0.2, -0.15) is 23.4 Å². The fourth-order valence-electron chi connectivity index (χ4n) is 3.32. The molecule has 4 rings (SSSR count). The first-order valence-electron chi connectivity index (χ1n) is 9.91. The average Bonchev–Trinajstić information content (AvgIpc) is 2.78. The van der Waals surface area contributed by atoms with Crippen molar-refractivity contribution in [3.05, 3.63) is 101 Å². The summed E-state index contributed by atoms with van der Waals surface area (Å²) in [6, 6.07) is 13.8. The molecule has 0 aliphatic rings. The van der Waals surface area contributed by atoms with Gasteiger partial charge < -0.3 is 10.4 Å². The maximum atomic E-state index is 13.0. The van der Waals surface area contributed by atoms with Gasteiger partial charge in [0.2, 0.25) is 0 Å². The summed E-state index contributed by atoms with van der Waals surface area (Å²) < 4.78 is 39.0. The molecule has 3 aromatic carbocycles. The lowest BCUT2D eigenvalue weighted by molar-refractivity contribution is -0.137. The number of phenols is 1. The zero-order chi connectivity index (χ0) is 23.6. The van der Waals surface area contributed by atoms with E-state index in [2.05, 4.69) is 33.9 Å². The molecule has 164 valence electrons. The Morgan fingerprint density at radius 3 is 2.48 bits per heavy atom. The molecule has 0 spiro atoms. The van der Waals surface area contributed by atoms with Gasteiger partial charge in [-0.3, -0.25) is 0 Å². The third-order valence-corrected chi connectivity index (χ3v) is 5.08. The summed E-state index contributed by atoms with van der Waals surface area (Å²) in [6.07, 6.45) is -1.15. The van der Waals surface area contributed by atoms with Gasteiger partial charge >= 0.3 is 6.18 Å². The maximum Gasteiger partial charge on any atom is 0.416 e. The minimum atomic E-state index is -4.46. The smallest absolute Gasteiger partial charge is 0.416 e. The first-order chi connectivity index (χ1) is 15.7. The number of hydrogen-bond acceptors (Lipinski definition) is 4. The van der Waals surface area contributed by atoms with Crippen LogP contribution in [0.25, 0.3) is 16.5 Å². The number of rotatable bonds is 3. The van der Waals surface area contributed by atoms with Crippen LogP contribution in [0.15, 0.2) is 73.6 Å². The van der Waals surface area contributed by atoms with E-state index in [1.165, 1.54) is 12.1 Å². The Labute approximate surface area is 188 Å². The molecule has 0 aliphatic heterocycles. The van der Waals surface area contributed by atoms with Crippen LogP contribution >= 0.6 is 0 Å². The largest absolute Gasteiger partial charge is 0.506 e. The number of hydrogen-bond donors (Lipinski definition) is 2. The van der Waals surface area contributed by atoms with E-state index < -0.39 is 11.7 Å². The van der Waals surface area contributed by atoms with Crippen LogP contribution in [0.3, 0.4) is 0 Å². The van der Waals surface area contributed by atoms with Crippen LogP contribution in [0.4, 0.5) is 18.9 Å². The van der Waals surface area contributed by atoms with Crippen molar-refractivity contribution in [3.8, 4) is 17.6 Å². The summed E-state index contributed by atoms with van der Waals surface area (Å²) in [7, 11) is 0. The number of benzene rings is 3. The first-order valence-corrected chi connectivity index (χ1v) is 9.91. The van der Waals surface area contributed by atoms with E-state index in [9.17, 15) is 18.3 Å². The maximum absolute atomic E-state index is 13.0. The molecule has 0 amide bonds. The van der Waals surface area contributed by atoms with E-state index in [1.807, 2.05) is 25.1 Å². The van der Waals surface area contributed by atoms with E-state index in [0.717, 1.165) is 34.0 Å². The van der Waals surface area contributed by atoms with Crippen molar-refractivity contribution < 1.29 is 18.3 Å². The zero-order valence-corrected chi connectivity index (χ0v) is 17.5. The Kier molecular flexibility index (Phi) is 5.76. The molecule has 0 radical (unpaired) electrons. The van der Waals surface area contributed by atoms with Gasteiger partial charge in [-0.15, -0.1) is 0 Å². The lowest BCUT2D eigenvalue weighted by atomic mass is 10.0. The molecular weight excluding hydrogens is 427 g/mol. The number of nitrogens with one attached hydrogen (secondary N) is 1. The van der Waals surface area contributed by atoms with Gasteiger partial charge in [-0.25, -0.2) is 0 Å². The molecule has 0 saturated carbocycles. The molecule has 1 heterocycles. The highest BCUT2D eigenvalue weighted by Gasteiger charge is 2.30. The van der Waals surface area contributed by atoms with Gasteiger partial charge in [0.25, 0.3) is 0 Å². The van der Waals surface area contributed by atoms with Crippen LogP contribution in [-0.2, 0) is 6.18 Å². The Bertz CT molecular complexity index is 1430. The second kappa shape index (κ2) is 8.67. The normalized spacial score (nSPS) is 11.0. The second-order valence-electron chi connectivity index (χ2n) is 7.42. The molecular formula is C26H18F3N3O. The molecule has 4 aromatic rings. The van der Waals surface area contributed by atoms with Gasteiger partial charge in [-0.05, 0) is 48.9 Å². The van der Waals surface area contributed by atoms with E-state index in [-0.39, 0.29) is 17.1 Å². The molecule has 0 unspecified atom stereocenters. The van der Waals surface area contributed by atoms with Crippen molar-refractivity contribution in [2.24, 2.45) is 0 Å². The highest BCUT2D eigenvalue weighted by Crippen LogP contribution is 2.33. The Morgan fingerprint density at radius 1 is 0.970 bits per heavy atom. The first kappa shape index (κ1) is 21.9. The molecule has 0 bridgehead atoms. The summed E-state index contributed by atoms with van der Waals surface area (Å²) in [6.45, 7) is 5.69. The summed E-state index contributed by atoms with van der Waals surface area (Å²) in [5, 5.41) is 23.2. The molecule has 33 heavy (non-hydrogen) atoms. The van der Waals surface area contributed by atoms with E-state index in [4.69, 9.17) is 0 Å². The molecule has 0 atom stereocenters. The standard InChI is InChI=1S/C26H18F3N3O/c1-16-6-10-24(17(2)32-22-5-3-4-21(13-22)26(27,28)29)25(33)23(16)11-8-18-7-9-19-14-30-31-15-20(19)12-18/h3-7,9-10,12-15,32-33H,2H2,1H3. The number of aromatic hydroxyl groups is 1. The molecule has 0 aliphatic carbocycles. The number of alkyl halides is 3. The van der Waals surface area contributed by atoms with E-state index >= 15 is 0 Å². The molecule has 1 aromatic heterocycles. The van der Waals surface area contributed by atoms with Crippen molar-refractivity contribution in [1.82, 2.24) is 10.2 Å². The van der Waals surface area contributed by atoms with Crippen molar-refractivity contribution in [2.45, 2.75) is 13.1 Å². The summed E-state index contributed by atoms with van der Waals surface area (Å²) in [5.41, 5.74) is 1.92. The molecule has 0 saturated heterocycles. The minimum Gasteiger partial charge on any atom is -0.506 e. The number of fused-ring (bicyclic) bond motifs is 1. The van der Waals surface area contributed by atoms with Gasteiger partial charge in [0.15, 0.2) is 0 Å². The quantitative estimate of drug-likeness (QED) is 0.372. The molecule has 2 N–H and O–H groups in total. The SMILES string of the molecule is C=C(Nc1cccc(C(F)(F)F)c1)c1ccc(C)c(C#Cc2ccc3cnncc3c2)c1O. The number of nitrogens with zero attached hydrogens (tertiary/aromatic N) is 2. The molecule has 4 nitrogen and oxygen atoms in total. The van der Waals surface area contributed by atoms with Gasteiger partial charge in [0, 0.05) is 33.3 Å². The second-order valence-corrected chi connectivity index (χ2v) is 7.42. The van der Waals surface area contributed by atoms with E-state index in [0.29, 0.717) is 11.1 Å². The number of aromatic nitrogens is 2.